The quantitative estimate of drug-likeness (QED) is 0.350. The number of nitrogens with two attached hydrogens (primary N) is 1. The van der Waals surface area contributed by atoms with E-state index in [1.807, 2.05) is 0 Å². The number of nitrogens with zero attached hydrogens (tertiary/aromatic N) is 1. The molecule has 1 atom stereocenters. The second-order valence-electron chi connectivity index (χ2n) is 3.76. The Morgan fingerprint density at radius 2 is 2.10 bits per heavy atom. The Hall–Kier alpha value is -1.56. The molecule has 1 aromatic rings. The highest BCUT2D eigenvalue weighted by Gasteiger charge is 2.25. The molecule has 0 heterocycles. The normalized spacial score (nSPS) is 12.9. The maximum atomic E-state index is 12.0. The van der Waals surface area contributed by atoms with Crippen LogP contribution in [0.5, 0.6) is 0 Å². The average molecular weight is 322 g/mol. The fourth-order valence-electron chi connectivity index (χ4n) is 1.37. The van der Waals surface area contributed by atoms with Gasteiger partial charge in [0.1, 0.15) is 0 Å². The number of hydrazine groups is 1. The van der Waals surface area contributed by atoms with Crippen molar-refractivity contribution in [1.82, 2.24) is 4.72 Å². The smallest absolute Gasteiger partial charge is 0.289 e. The minimum Gasteiger partial charge on any atom is -0.324 e. The third kappa shape index (κ3) is 4.23. The van der Waals surface area contributed by atoms with Crippen LogP contribution < -0.4 is 16.0 Å². The Morgan fingerprint density at radius 1 is 1.45 bits per heavy atom. The van der Waals surface area contributed by atoms with E-state index < -0.39 is 36.3 Å². The number of benzene rings is 1. The van der Waals surface area contributed by atoms with Gasteiger partial charge in [0.2, 0.25) is 10.0 Å². The number of sulfonamides is 1. The topological polar surface area (TPSA) is 144 Å². The standard InChI is InChI=1S/C9H14N4O5S2/c1-19(16)5-4-11-20(17,18)9-6-7(12-10)2-3-8(9)13(14)15/h2-3,6,11-12H,4-5,10H2,1H3. The summed E-state index contributed by atoms with van der Waals surface area (Å²) in [5.41, 5.74) is 1.87. The van der Waals surface area contributed by atoms with Gasteiger partial charge in [0.15, 0.2) is 4.90 Å². The first kappa shape index (κ1) is 16.5. The molecule has 11 heteroatoms. The van der Waals surface area contributed by atoms with E-state index in [0.717, 1.165) is 12.1 Å². The van der Waals surface area contributed by atoms with Gasteiger partial charge in [-0.05, 0) is 12.1 Å². The minimum absolute atomic E-state index is 0.0805. The van der Waals surface area contributed by atoms with Crippen LogP contribution in [0, 0.1) is 10.1 Å². The molecule has 0 saturated heterocycles. The fraction of sp³-hybridized carbons (Fsp3) is 0.333. The minimum atomic E-state index is -4.09. The molecule has 20 heavy (non-hydrogen) atoms. The van der Waals surface area contributed by atoms with E-state index in [2.05, 4.69) is 10.1 Å². The summed E-state index contributed by atoms with van der Waals surface area (Å²) in [6, 6.07) is 3.39. The summed E-state index contributed by atoms with van der Waals surface area (Å²) in [4.78, 5) is 9.56. The van der Waals surface area contributed by atoms with Gasteiger partial charge in [0.25, 0.3) is 5.69 Å². The fourth-order valence-corrected chi connectivity index (χ4v) is 3.11. The zero-order chi connectivity index (χ0) is 15.3. The molecule has 1 rings (SSSR count). The number of hydrogen-bond donors (Lipinski definition) is 3. The van der Waals surface area contributed by atoms with E-state index in [0.29, 0.717) is 0 Å². The Bertz CT molecular complexity index is 631. The van der Waals surface area contributed by atoms with Crippen molar-refractivity contribution in [3.05, 3.63) is 28.3 Å². The highest BCUT2D eigenvalue weighted by atomic mass is 32.2. The van der Waals surface area contributed by atoms with Crippen LogP contribution in [0.3, 0.4) is 0 Å². The summed E-state index contributed by atoms with van der Waals surface area (Å²) in [6.45, 7) is -0.0805. The van der Waals surface area contributed by atoms with Crippen LogP contribution in [0.1, 0.15) is 0 Å². The predicted octanol–water partition coefficient (Wildman–Crippen LogP) is -0.463. The van der Waals surface area contributed by atoms with Gasteiger partial charge in [-0.3, -0.25) is 20.2 Å². The van der Waals surface area contributed by atoms with Crippen LogP contribution in [0.4, 0.5) is 11.4 Å². The monoisotopic (exact) mass is 322 g/mol. The molecule has 0 saturated carbocycles. The maximum Gasteiger partial charge on any atom is 0.289 e. The Kier molecular flexibility index (Phi) is 5.56. The predicted molar refractivity (Wildman–Crippen MR) is 75.0 cm³/mol. The summed E-state index contributed by atoms with van der Waals surface area (Å²) >= 11 is 0. The number of hydrogen-bond acceptors (Lipinski definition) is 7. The largest absolute Gasteiger partial charge is 0.324 e. The van der Waals surface area contributed by atoms with Gasteiger partial charge in [-0.2, -0.15) is 0 Å². The lowest BCUT2D eigenvalue weighted by Gasteiger charge is -2.08. The van der Waals surface area contributed by atoms with E-state index in [9.17, 15) is 22.7 Å². The van der Waals surface area contributed by atoms with Crippen molar-refractivity contribution < 1.29 is 17.6 Å². The van der Waals surface area contributed by atoms with Crippen LogP contribution in [0.25, 0.3) is 0 Å². The lowest BCUT2D eigenvalue weighted by Crippen LogP contribution is -2.28. The molecule has 0 aliphatic carbocycles. The zero-order valence-electron chi connectivity index (χ0n) is 10.5. The highest BCUT2D eigenvalue weighted by Crippen LogP contribution is 2.26. The Morgan fingerprint density at radius 3 is 2.60 bits per heavy atom. The van der Waals surface area contributed by atoms with Gasteiger partial charge in [-0.15, -0.1) is 0 Å². The summed E-state index contributed by atoms with van der Waals surface area (Å²) in [5, 5.41) is 10.9. The number of nitro benzene ring substituents is 1. The van der Waals surface area contributed by atoms with Crippen LogP contribution in [0.15, 0.2) is 23.1 Å². The molecule has 0 aliphatic rings. The number of anilines is 1. The molecule has 0 spiro atoms. The zero-order valence-corrected chi connectivity index (χ0v) is 12.2. The first-order valence-electron chi connectivity index (χ1n) is 5.32. The SMILES string of the molecule is CS(=O)CCNS(=O)(=O)c1cc(NN)ccc1[N+](=O)[O-]. The lowest BCUT2D eigenvalue weighted by molar-refractivity contribution is -0.387. The molecule has 0 aliphatic heterocycles. The van der Waals surface area contributed by atoms with Crippen LogP contribution in [-0.4, -0.2) is 36.1 Å². The third-order valence-corrected chi connectivity index (χ3v) is 4.56. The van der Waals surface area contributed by atoms with Crippen LogP contribution in [-0.2, 0) is 20.8 Å². The van der Waals surface area contributed by atoms with Crippen molar-refractivity contribution in [3.8, 4) is 0 Å². The molecule has 9 nitrogen and oxygen atoms in total. The molecule has 0 fully saturated rings. The van der Waals surface area contributed by atoms with Crippen molar-refractivity contribution in [3.63, 3.8) is 0 Å². The molecular formula is C9H14N4O5S2. The van der Waals surface area contributed by atoms with Crippen LogP contribution >= 0.6 is 0 Å². The van der Waals surface area contributed by atoms with E-state index in [-0.39, 0.29) is 18.0 Å². The Balaban J connectivity index is 3.14. The summed E-state index contributed by atoms with van der Waals surface area (Å²) in [7, 11) is -5.26. The van der Waals surface area contributed by atoms with Gasteiger partial charge in [-0.25, -0.2) is 13.1 Å². The summed E-state index contributed by atoms with van der Waals surface area (Å²) in [6.07, 6.45) is 1.43. The molecule has 112 valence electrons. The van der Waals surface area contributed by atoms with Gasteiger partial charge in [-0.1, -0.05) is 0 Å². The van der Waals surface area contributed by atoms with E-state index in [4.69, 9.17) is 5.84 Å². The van der Waals surface area contributed by atoms with Gasteiger partial charge >= 0.3 is 0 Å². The third-order valence-electron chi connectivity index (χ3n) is 2.29. The molecule has 4 N–H and O–H groups in total. The van der Waals surface area contributed by atoms with Crippen LogP contribution in [0.2, 0.25) is 0 Å². The van der Waals surface area contributed by atoms with Crippen molar-refractivity contribution in [2.45, 2.75) is 4.90 Å². The number of nitro groups is 1. The van der Waals surface area contributed by atoms with Gasteiger partial charge in [0.05, 0.1) is 10.6 Å². The molecule has 1 unspecified atom stereocenters. The molecular weight excluding hydrogens is 308 g/mol. The van der Waals surface area contributed by atoms with Crippen molar-refractivity contribution >= 4 is 32.2 Å². The highest BCUT2D eigenvalue weighted by molar-refractivity contribution is 7.89. The summed E-state index contributed by atoms with van der Waals surface area (Å²) < 4.78 is 37.1. The first-order chi connectivity index (χ1) is 9.27. The lowest BCUT2D eigenvalue weighted by atomic mass is 10.3. The first-order valence-corrected chi connectivity index (χ1v) is 8.53. The molecule has 0 aromatic heterocycles. The summed E-state index contributed by atoms with van der Waals surface area (Å²) in [5.74, 6) is 5.27. The van der Waals surface area contributed by atoms with E-state index in [1.165, 1.54) is 12.3 Å². The van der Waals surface area contributed by atoms with Crippen molar-refractivity contribution in [1.29, 1.82) is 0 Å². The second-order valence-corrected chi connectivity index (χ2v) is 7.05. The molecule has 0 radical (unpaired) electrons. The Labute approximate surface area is 118 Å². The molecule has 0 amide bonds. The number of rotatable bonds is 7. The average Bonchev–Trinajstić information content (AvgIpc) is 2.37. The van der Waals surface area contributed by atoms with Crippen molar-refractivity contribution in [2.75, 3.05) is 24.0 Å². The molecule has 0 bridgehead atoms. The number of nitrogens with one attached hydrogen (secondary N) is 2. The van der Waals surface area contributed by atoms with Crippen molar-refractivity contribution in [2.24, 2.45) is 5.84 Å². The number of nitrogen functional groups attached to an aromatic ring is 1. The van der Waals surface area contributed by atoms with E-state index >= 15 is 0 Å². The van der Waals surface area contributed by atoms with E-state index in [1.54, 1.807) is 0 Å². The maximum absolute atomic E-state index is 12.0. The second kappa shape index (κ2) is 6.74. The van der Waals surface area contributed by atoms with Gasteiger partial charge in [0, 0.05) is 35.4 Å². The van der Waals surface area contributed by atoms with Gasteiger partial charge < -0.3 is 5.43 Å². The molecule has 1 aromatic carbocycles.